The number of carbonyl (C=O) groups is 1. The van der Waals surface area contributed by atoms with Crippen molar-refractivity contribution in [2.24, 2.45) is 5.73 Å². The molecule has 0 saturated carbocycles. The molecule has 1 amide bonds. The first-order valence-electron chi connectivity index (χ1n) is 7.85. The van der Waals surface area contributed by atoms with E-state index in [2.05, 4.69) is 6.92 Å². The fraction of sp³-hybridized carbons (Fsp3) is 0.929. The van der Waals surface area contributed by atoms with Crippen molar-refractivity contribution in [1.82, 2.24) is 0 Å². The van der Waals surface area contributed by atoms with E-state index in [0.717, 1.165) is 12.8 Å². The first-order chi connectivity index (χ1) is 10.2. The fourth-order valence-electron chi connectivity index (χ4n) is 1.97. The van der Waals surface area contributed by atoms with Gasteiger partial charge in [0.1, 0.15) is 6.10 Å². The Bertz CT molecular complexity index is 362. The van der Waals surface area contributed by atoms with Crippen molar-refractivity contribution in [1.29, 1.82) is 0 Å². The Morgan fingerprint density at radius 1 is 0.957 bits per heavy atom. The molecule has 0 aromatic rings. The third kappa shape index (κ3) is 34.6. The van der Waals surface area contributed by atoms with Crippen LogP contribution in [0.15, 0.2) is 0 Å². The molecule has 9 heteroatoms. The zero-order valence-corrected chi connectivity index (χ0v) is 17.2. The molecule has 1 atom stereocenters. The molecule has 0 saturated heterocycles. The first-order valence-corrected chi connectivity index (χ1v) is 9.25. The maximum Gasteiger partial charge on any atom is 1.00 e. The molecule has 1 unspecified atom stereocenters. The Balaban J connectivity index is -0.000000250. The maximum absolute atomic E-state index is 10.6. The van der Waals surface area contributed by atoms with Gasteiger partial charge in [-0.05, 0) is 6.42 Å². The SMILES string of the molecule is CCCCCCCCCCCCC(O)C(N)=O.O=S(=O)(O)O.[H-].[Na+]. The summed E-state index contributed by atoms with van der Waals surface area (Å²) in [5.41, 5.74) is 4.97. The largest absolute Gasteiger partial charge is 1.00 e. The van der Waals surface area contributed by atoms with E-state index in [1.54, 1.807) is 0 Å². The van der Waals surface area contributed by atoms with Gasteiger partial charge in [-0.25, -0.2) is 0 Å². The van der Waals surface area contributed by atoms with Crippen LogP contribution in [0.25, 0.3) is 0 Å². The van der Waals surface area contributed by atoms with E-state index < -0.39 is 22.4 Å². The number of rotatable bonds is 12. The maximum atomic E-state index is 10.6. The summed E-state index contributed by atoms with van der Waals surface area (Å²) in [5.74, 6) is -0.596. The van der Waals surface area contributed by atoms with Gasteiger partial charge in [0.2, 0.25) is 5.91 Å². The molecular weight excluding hydrogens is 333 g/mol. The molecule has 0 aromatic heterocycles. The molecule has 5 N–H and O–H groups in total. The summed E-state index contributed by atoms with van der Waals surface area (Å²) >= 11 is 0. The standard InChI is InChI=1S/C14H29NO2.Na.H2O4S.H/c1-2-3-4-5-6-7-8-9-10-11-12-13(16)14(15)17;;1-5(2,3)4;/h13,16H,2-12H2,1H3,(H2,15,17);;(H2,1,2,3,4);/q;+1;;-1. The minimum atomic E-state index is -4.67. The summed E-state index contributed by atoms with van der Waals surface area (Å²) in [7, 11) is -4.67. The van der Waals surface area contributed by atoms with Crippen LogP contribution in [-0.4, -0.2) is 34.6 Å². The van der Waals surface area contributed by atoms with Crippen molar-refractivity contribution in [3.05, 3.63) is 0 Å². The number of carbonyl (C=O) groups excluding carboxylic acids is 1. The Morgan fingerprint density at radius 3 is 1.57 bits per heavy atom. The molecule has 0 aliphatic carbocycles. The number of primary amides is 1. The van der Waals surface area contributed by atoms with Crippen LogP contribution in [0, 0.1) is 0 Å². The monoisotopic (exact) mass is 365 g/mol. The van der Waals surface area contributed by atoms with Gasteiger partial charge in [-0.15, -0.1) is 0 Å². The van der Waals surface area contributed by atoms with Crippen molar-refractivity contribution >= 4 is 16.3 Å². The molecule has 0 heterocycles. The van der Waals surface area contributed by atoms with Gasteiger partial charge in [0.25, 0.3) is 0 Å². The van der Waals surface area contributed by atoms with Gasteiger partial charge >= 0.3 is 40.0 Å². The topological polar surface area (TPSA) is 138 Å². The number of amides is 1. The number of aliphatic hydroxyl groups excluding tert-OH is 1. The van der Waals surface area contributed by atoms with Crippen LogP contribution in [0.4, 0.5) is 0 Å². The van der Waals surface area contributed by atoms with Crippen LogP contribution >= 0.6 is 0 Å². The number of aliphatic hydroxyl groups is 1. The summed E-state index contributed by atoms with van der Waals surface area (Å²) in [6.45, 7) is 2.24. The Kier molecular flexibility index (Phi) is 22.8. The molecule has 136 valence electrons. The Hall–Kier alpha value is 0.300. The minimum Gasteiger partial charge on any atom is -1.00 e. The predicted molar refractivity (Wildman–Crippen MR) is 87.0 cm³/mol. The smallest absolute Gasteiger partial charge is 1.00 e. The summed E-state index contributed by atoms with van der Waals surface area (Å²) in [5, 5.41) is 9.18. The van der Waals surface area contributed by atoms with Gasteiger partial charge in [0.05, 0.1) is 0 Å². The Labute approximate surface area is 163 Å². The molecule has 0 aromatic carbocycles. The number of nitrogens with two attached hydrogens (primary N) is 1. The van der Waals surface area contributed by atoms with E-state index >= 15 is 0 Å². The number of hydrogen-bond donors (Lipinski definition) is 4. The summed E-state index contributed by atoms with van der Waals surface area (Å²) in [6, 6.07) is 0. The zero-order chi connectivity index (χ0) is 17.4. The van der Waals surface area contributed by atoms with Crippen LogP contribution in [0.3, 0.4) is 0 Å². The van der Waals surface area contributed by atoms with Crippen LogP contribution in [0.1, 0.15) is 79.0 Å². The van der Waals surface area contributed by atoms with Gasteiger partial charge in [0, 0.05) is 0 Å². The van der Waals surface area contributed by atoms with Crippen molar-refractivity contribution in [2.45, 2.75) is 83.7 Å². The second kappa shape index (κ2) is 18.6. The molecule has 0 spiro atoms. The van der Waals surface area contributed by atoms with E-state index in [-0.39, 0.29) is 31.0 Å². The van der Waals surface area contributed by atoms with Gasteiger partial charge in [0.15, 0.2) is 0 Å². The second-order valence-electron chi connectivity index (χ2n) is 5.34. The molecule has 0 aliphatic heterocycles. The predicted octanol–water partition coefficient (Wildman–Crippen LogP) is -0.393. The molecular formula is C14H32NNaO6S. The molecule has 0 radical (unpaired) electrons. The average Bonchev–Trinajstić information content (AvgIpc) is 2.38. The van der Waals surface area contributed by atoms with Gasteiger partial charge in [-0.1, -0.05) is 71.1 Å². The van der Waals surface area contributed by atoms with Gasteiger partial charge in [-0.3, -0.25) is 13.9 Å². The normalized spacial score (nSPS) is 11.8. The second-order valence-corrected chi connectivity index (χ2v) is 6.23. The fourth-order valence-corrected chi connectivity index (χ4v) is 1.97. The quantitative estimate of drug-likeness (QED) is 0.211. The Morgan fingerprint density at radius 2 is 1.26 bits per heavy atom. The third-order valence-electron chi connectivity index (χ3n) is 3.16. The van der Waals surface area contributed by atoms with Crippen LogP contribution in [0.5, 0.6) is 0 Å². The van der Waals surface area contributed by atoms with Crippen molar-refractivity contribution in [3.63, 3.8) is 0 Å². The first kappa shape index (κ1) is 28.1. The average molecular weight is 365 g/mol. The number of hydrogen-bond acceptors (Lipinski definition) is 4. The van der Waals surface area contributed by atoms with E-state index in [1.807, 2.05) is 0 Å². The summed E-state index contributed by atoms with van der Waals surface area (Å²) in [4.78, 5) is 10.6. The summed E-state index contributed by atoms with van der Waals surface area (Å²) < 4.78 is 31.6. The molecule has 0 rings (SSSR count). The van der Waals surface area contributed by atoms with Crippen molar-refractivity contribution in [2.75, 3.05) is 0 Å². The third-order valence-corrected chi connectivity index (χ3v) is 3.16. The van der Waals surface area contributed by atoms with E-state index in [9.17, 15) is 9.90 Å². The molecule has 7 nitrogen and oxygen atoms in total. The van der Waals surface area contributed by atoms with Gasteiger partial charge in [-0.2, -0.15) is 8.42 Å². The van der Waals surface area contributed by atoms with Crippen molar-refractivity contribution in [3.8, 4) is 0 Å². The van der Waals surface area contributed by atoms with Crippen LogP contribution in [0.2, 0.25) is 0 Å². The molecule has 23 heavy (non-hydrogen) atoms. The van der Waals surface area contributed by atoms with E-state index in [0.29, 0.717) is 6.42 Å². The van der Waals surface area contributed by atoms with Crippen LogP contribution < -0.4 is 35.3 Å². The molecule has 0 bridgehead atoms. The molecule has 0 fully saturated rings. The van der Waals surface area contributed by atoms with Crippen molar-refractivity contribution < 1.29 is 58.4 Å². The van der Waals surface area contributed by atoms with Crippen LogP contribution in [-0.2, 0) is 15.2 Å². The molecule has 0 aliphatic rings. The minimum absolute atomic E-state index is 0. The zero-order valence-electron chi connectivity index (χ0n) is 15.4. The number of unbranched alkanes of at least 4 members (excludes halogenated alkanes) is 9. The summed E-state index contributed by atoms with van der Waals surface area (Å²) in [6.07, 6.45) is 12.2. The van der Waals surface area contributed by atoms with E-state index in [1.165, 1.54) is 51.4 Å². The van der Waals surface area contributed by atoms with Gasteiger partial charge < -0.3 is 12.3 Å². The van der Waals surface area contributed by atoms with E-state index in [4.69, 9.17) is 23.3 Å².